The number of nitrogens with zero attached hydrogens (tertiary/aromatic N) is 3. The number of aryl methyl sites for hydroxylation is 3. The van der Waals surface area contributed by atoms with Crippen molar-refractivity contribution in [3.8, 4) is 11.5 Å². The molecule has 4 aromatic rings. The first-order valence-corrected chi connectivity index (χ1v) is 10.0. The van der Waals surface area contributed by atoms with E-state index in [1.54, 1.807) is 24.3 Å². The van der Waals surface area contributed by atoms with Crippen molar-refractivity contribution in [2.45, 2.75) is 27.3 Å². The predicted octanol–water partition coefficient (Wildman–Crippen LogP) is 5.56. The summed E-state index contributed by atoms with van der Waals surface area (Å²) in [6.07, 6.45) is 0. The molecule has 0 fully saturated rings. The fourth-order valence-corrected chi connectivity index (χ4v) is 3.44. The molecule has 0 atom stereocenters. The Morgan fingerprint density at radius 3 is 2.55 bits per heavy atom. The van der Waals surface area contributed by atoms with E-state index in [2.05, 4.69) is 15.4 Å². The van der Waals surface area contributed by atoms with Crippen LogP contribution < -0.4 is 5.32 Å². The average molecular weight is 439 g/mol. The highest BCUT2D eigenvalue weighted by Crippen LogP contribution is 2.25. The van der Waals surface area contributed by atoms with Crippen molar-refractivity contribution >= 4 is 23.2 Å². The predicted molar refractivity (Wildman–Crippen MR) is 117 cm³/mol. The summed E-state index contributed by atoms with van der Waals surface area (Å²) in [7, 11) is 0. The minimum Gasteiger partial charge on any atom is -0.441 e. The van der Waals surface area contributed by atoms with Gasteiger partial charge in [-0.15, -0.1) is 0 Å². The van der Waals surface area contributed by atoms with Crippen LogP contribution in [0.4, 0.5) is 10.1 Å². The number of anilines is 1. The molecule has 31 heavy (non-hydrogen) atoms. The summed E-state index contributed by atoms with van der Waals surface area (Å²) in [5.41, 5.74) is 4.20. The number of benzene rings is 2. The second-order valence-electron chi connectivity index (χ2n) is 7.26. The van der Waals surface area contributed by atoms with Gasteiger partial charge < -0.3 is 9.73 Å². The van der Waals surface area contributed by atoms with Crippen molar-refractivity contribution in [3.05, 3.63) is 87.8 Å². The van der Waals surface area contributed by atoms with Gasteiger partial charge in [-0.05, 0) is 69.3 Å². The number of rotatable bonds is 5. The highest BCUT2D eigenvalue weighted by molar-refractivity contribution is 6.34. The quantitative estimate of drug-likeness (QED) is 0.443. The minimum absolute atomic E-state index is 0.0721. The van der Waals surface area contributed by atoms with E-state index in [9.17, 15) is 9.18 Å². The molecule has 2 heterocycles. The van der Waals surface area contributed by atoms with E-state index in [0.29, 0.717) is 18.1 Å². The summed E-state index contributed by atoms with van der Waals surface area (Å²) in [5.74, 6) is 0.192. The van der Waals surface area contributed by atoms with Crippen LogP contribution in [0.2, 0.25) is 5.02 Å². The van der Waals surface area contributed by atoms with Crippen molar-refractivity contribution in [2.75, 3.05) is 5.32 Å². The summed E-state index contributed by atoms with van der Waals surface area (Å²) in [4.78, 5) is 17.0. The highest BCUT2D eigenvalue weighted by Gasteiger charge is 2.15. The fourth-order valence-electron chi connectivity index (χ4n) is 3.24. The van der Waals surface area contributed by atoms with Gasteiger partial charge in [0.05, 0.1) is 22.8 Å². The number of amides is 1. The van der Waals surface area contributed by atoms with Crippen LogP contribution >= 0.6 is 11.6 Å². The number of carbonyl (C=O) groups excluding carboxylic acids is 1. The monoisotopic (exact) mass is 438 g/mol. The molecule has 158 valence electrons. The van der Waals surface area contributed by atoms with Crippen molar-refractivity contribution in [2.24, 2.45) is 0 Å². The molecule has 8 heteroatoms. The molecule has 0 aliphatic heterocycles. The maximum atomic E-state index is 13.4. The minimum atomic E-state index is -0.527. The maximum Gasteiger partial charge on any atom is 0.257 e. The summed E-state index contributed by atoms with van der Waals surface area (Å²) in [6.45, 7) is 6.35. The van der Waals surface area contributed by atoms with Crippen LogP contribution in [0.25, 0.3) is 11.5 Å². The number of carbonyl (C=O) groups is 1. The molecule has 0 bridgehead atoms. The zero-order valence-corrected chi connectivity index (χ0v) is 18.0. The van der Waals surface area contributed by atoms with Gasteiger partial charge in [-0.2, -0.15) is 5.10 Å². The van der Waals surface area contributed by atoms with Crippen LogP contribution in [-0.2, 0) is 6.54 Å². The Morgan fingerprint density at radius 2 is 1.87 bits per heavy atom. The topological polar surface area (TPSA) is 73.0 Å². The lowest BCUT2D eigenvalue weighted by Gasteiger charge is -2.07. The van der Waals surface area contributed by atoms with Crippen molar-refractivity contribution in [3.63, 3.8) is 0 Å². The van der Waals surface area contributed by atoms with Crippen LogP contribution in [-0.4, -0.2) is 20.7 Å². The van der Waals surface area contributed by atoms with Crippen molar-refractivity contribution in [1.29, 1.82) is 0 Å². The molecule has 2 aromatic carbocycles. The van der Waals surface area contributed by atoms with E-state index < -0.39 is 11.7 Å². The van der Waals surface area contributed by atoms with E-state index >= 15 is 0 Å². The van der Waals surface area contributed by atoms with E-state index in [-0.39, 0.29) is 10.6 Å². The van der Waals surface area contributed by atoms with Gasteiger partial charge in [0.1, 0.15) is 17.3 Å². The molecule has 0 saturated carbocycles. The first-order chi connectivity index (χ1) is 14.8. The van der Waals surface area contributed by atoms with Gasteiger partial charge in [0.25, 0.3) is 5.91 Å². The molecule has 2 aromatic heterocycles. The van der Waals surface area contributed by atoms with Gasteiger partial charge in [0, 0.05) is 16.9 Å². The Morgan fingerprint density at radius 1 is 1.13 bits per heavy atom. The molecule has 0 aliphatic carbocycles. The van der Waals surface area contributed by atoms with Crippen molar-refractivity contribution < 1.29 is 13.6 Å². The normalized spacial score (nSPS) is 11.0. The van der Waals surface area contributed by atoms with Gasteiger partial charge in [-0.1, -0.05) is 11.6 Å². The Labute approximate surface area is 183 Å². The van der Waals surface area contributed by atoms with Crippen LogP contribution in [0.5, 0.6) is 0 Å². The Kier molecular flexibility index (Phi) is 5.61. The number of hydrogen-bond acceptors (Lipinski definition) is 4. The zero-order valence-electron chi connectivity index (χ0n) is 17.2. The average Bonchev–Trinajstić information content (AvgIpc) is 3.25. The molecule has 1 amide bonds. The van der Waals surface area contributed by atoms with Gasteiger partial charge in [0.2, 0.25) is 5.89 Å². The molecule has 6 nitrogen and oxygen atoms in total. The van der Waals surface area contributed by atoms with Crippen LogP contribution in [0, 0.1) is 26.6 Å². The lowest BCUT2D eigenvalue weighted by molar-refractivity contribution is 0.102. The molecule has 4 rings (SSSR count). The number of hydrogen-bond donors (Lipinski definition) is 1. The van der Waals surface area contributed by atoms with Crippen LogP contribution in [0.15, 0.2) is 52.9 Å². The Balaban J connectivity index is 1.50. The molecule has 0 aliphatic rings. The smallest absolute Gasteiger partial charge is 0.257 e. The molecule has 0 unspecified atom stereocenters. The number of halogens is 2. The third kappa shape index (κ3) is 4.51. The molecule has 0 radical (unpaired) electrons. The molecule has 0 saturated heterocycles. The standard InChI is InChI=1S/C23H20ClFN4O2/c1-13-10-14(2)29(28-13)12-21-15(3)31-23(27-21)16-4-7-18(8-5-16)26-22(30)19-11-17(25)6-9-20(19)24/h4-11H,12H2,1-3H3,(H,26,30). The SMILES string of the molecule is Cc1cc(C)n(Cc2nc(-c3ccc(NC(=O)c4cc(F)ccc4Cl)cc3)oc2C)n1. The second-order valence-corrected chi connectivity index (χ2v) is 7.67. The lowest BCUT2D eigenvalue weighted by Crippen LogP contribution is -2.12. The van der Waals surface area contributed by atoms with E-state index in [0.717, 1.165) is 34.5 Å². The number of aromatic nitrogens is 3. The maximum absolute atomic E-state index is 13.4. The van der Waals surface area contributed by atoms with E-state index in [1.165, 1.54) is 12.1 Å². The third-order valence-corrected chi connectivity index (χ3v) is 5.19. The Bertz CT molecular complexity index is 1260. The second kappa shape index (κ2) is 8.35. The Hall–Kier alpha value is -3.45. The van der Waals surface area contributed by atoms with Gasteiger partial charge in [-0.25, -0.2) is 9.37 Å². The third-order valence-electron chi connectivity index (χ3n) is 4.86. The summed E-state index contributed by atoms with van der Waals surface area (Å²) < 4.78 is 21.2. The summed E-state index contributed by atoms with van der Waals surface area (Å²) in [5, 5.41) is 7.36. The van der Waals surface area contributed by atoms with Crippen LogP contribution in [0.1, 0.15) is 33.2 Å². The van der Waals surface area contributed by atoms with E-state index in [1.807, 2.05) is 31.5 Å². The first kappa shape index (κ1) is 20.8. The summed E-state index contributed by atoms with van der Waals surface area (Å²) >= 11 is 5.99. The van der Waals surface area contributed by atoms with Gasteiger partial charge in [0.15, 0.2) is 0 Å². The van der Waals surface area contributed by atoms with Gasteiger partial charge >= 0.3 is 0 Å². The van der Waals surface area contributed by atoms with Crippen LogP contribution in [0.3, 0.4) is 0 Å². The highest BCUT2D eigenvalue weighted by atomic mass is 35.5. The molecule has 0 spiro atoms. The number of nitrogens with one attached hydrogen (secondary N) is 1. The van der Waals surface area contributed by atoms with Gasteiger partial charge in [-0.3, -0.25) is 9.48 Å². The molecule has 1 N–H and O–H groups in total. The number of oxazole rings is 1. The molecular weight excluding hydrogens is 419 g/mol. The zero-order chi connectivity index (χ0) is 22.1. The fraction of sp³-hybridized carbons (Fsp3) is 0.174. The molecular formula is C23H20ClFN4O2. The largest absolute Gasteiger partial charge is 0.441 e. The van der Waals surface area contributed by atoms with Crippen molar-refractivity contribution in [1.82, 2.24) is 14.8 Å². The lowest BCUT2D eigenvalue weighted by atomic mass is 10.1. The summed E-state index contributed by atoms with van der Waals surface area (Å²) in [6, 6.07) is 12.7. The first-order valence-electron chi connectivity index (χ1n) is 9.64. The van der Waals surface area contributed by atoms with E-state index in [4.69, 9.17) is 16.0 Å².